The standard InChI is InChI=1S/2C8H11N.C2H2O4/c2*1-9(2)8-6-4-3-5-7-8;3-1(4)2(5)6/h2*3-7H,1-2H3;(H,3,4)(H,5,6). The van der Waals surface area contributed by atoms with Crippen molar-refractivity contribution < 1.29 is 29.6 Å². The minimum absolute atomic E-state index is 1.33. The molecule has 0 aliphatic rings. The fraction of sp³-hybridized carbons (Fsp3) is 0.222. The molecule has 0 aliphatic carbocycles. The summed E-state index contributed by atoms with van der Waals surface area (Å²) in [5.41, 5.74) is 2.66. The molecule has 130 valence electrons. The van der Waals surface area contributed by atoms with Crippen LogP contribution in [0.2, 0.25) is 0 Å². The van der Waals surface area contributed by atoms with Crippen LogP contribution in [0.25, 0.3) is 0 Å². The second-order valence-electron chi connectivity index (χ2n) is 5.31. The topological polar surface area (TPSA) is 89.1 Å². The summed E-state index contributed by atoms with van der Waals surface area (Å²) >= 11 is 0. The van der Waals surface area contributed by atoms with E-state index in [1.165, 1.54) is 21.2 Å². The number of carbonyl (C=O) groups excluding carboxylic acids is 2. The number of quaternary nitrogens is 2. The van der Waals surface area contributed by atoms with Crippen LogP contribution in [0.1, 0.15) is 0 Å². The Hall–Kier alpha value is -2.70. The Morgan fingerprint density at radius 3 is 1.00 bits per heavy atom. The number of aliphatic carboxylic acids is 2. The summed E-state index contributed by atoms with van der Waals surface area (Å²) in [4.78, 5) is 20.6. The van der Waals surface area contributed by atoms with Crippen LogP contribution < -0.4 is 20.0 Å². The van der Waals surface area contributed by atoms with Crippen molar-refractivity contribution in [2.45, 2.75) is 0 Å². The van der Waals surface area contributed by atoms with Gasteiger partial charge in [-0.1, -0.05) is 36.4 Å². The molecule has 2 N–H and O–H groups in total. The van der Waals surface area contributed by atoms with Crippen molar-refractivity contribution in [2.75, 3.05) is 28.2 Å². The number of para-hydroxylation sites is 2. The Kier molecular flexibility index (Phi) is 10.5. The van der Waals surface area contributed by atoms with E-state index in [0.717, 1.165) is 0 Å². The number of carbonyl (C=O) groups is 2. The summed E-state index contributed by atoms with van der Waals surface area (Å²) in [6, 6.07) is 20.8. The molecule has 2 aromatic carbocycles. The second kappa shape index (κ2) is 11.8. The summed E-state index contributed by atoms with van der Waals surface area (Å²) in [6.45, 7) is 0. The van der Waals surface area contributed by atoms with E-state index in [1.54, 1.807) is 0 Å². The third-order valence-corrected chi connectivity index (χ3v) is 2.87. The van der Waals surface area contributed by atoms with Gasteiger partial charge in [0, 0.05) is 0 Å². The molecule has 2 rings (SSSR count). The molecule has 6 heteroatoms. The highest BCUT2D eigenvalue weighted by molar-refractivity contribution is 6.25. The van der Waals surface area contributed by atoms with Crippen molar-refractivity contribution in [3.05, 3.63) is 60.7 Å². The van der Waals surface area contributed by atoms with Gasteiger partial charge in [0.25, 0.3) is 0 Å². The van der Waals surface area contributed by atoms with E-state index >= 15 is 0 Å². The number of hydrogen-bond acceptors (Lipinski definition) is 4. The van der Waals surface area contributed by atoms with E-state index in [0.29, 0.717) is 0 Å². The minimum atomic E-state index is -2.19. The normalized spacial score (nSPS) is 9.42. The van der Waals surface area contributed by atoms with Gasteiger partial charge in [-0.3, -0.25) is 0 Å². The van der Waals surface area contributed by atoms with Crippen LogP contribution in [0, 0.1) is 0 Å². The summed E-state index contributed by atoms with van der Waals surface area (Å²) < 4.78 is 0. The van der Waals surface area contributed by atoms with Crippen molar-refractivity contribution in [3.63, 3.8) is 0 Å². The third-order valence-electron chi connectivity index (χ3n) is 2.87. The Balaban J connectivity index is 0.000000340. The van der Waals surface area contributed by atoms with Crippen LogP contribution in [0.5, 0.6) is 0 Å². The largest absolute Gasteiger partial charge is 0.543 e. The summed E-state index contributed by atoms with van der Waals surface area (Å²) in [7, 11) is 8.48. The second-order valence-corrected chi connectivity index (χ2v) is 5.31. The maximum absolute atomic E-state index is 8.93. The fourth-order valence-corrected chi connectivity index (χ4v) is 1.54. The van der Waals surface area contributed by atoms with Crippen molar-refractivity contribution in [1.29, 1.82) is 0 Å². The van der Waals surface area contributed by atoms with Crippen molar-refractivity contribution in [3.8, 4) is 0 Å². The van der Waals surface area contributed by atoms with E-state index < -0.39 is 11.9 Å². The number of benzene rings is 2. The predicted octanol–water partition coefficient (Wildman–Crippen LogP) is -2.59. The molecule has 0 unspecified atom stereocenters. The smallest absolute Gasteiger partial charge is 0.130 e. The van der Waals surface area contributed by atoms with Gasteiger partial charge in [-0.2, -0.15) is 0 Å². The summed E-state index contributed by atoms with van der Waals surface area (Å²) in [5, 5.41) is 17.9. The maximum Gasteiger partial charge on any atom is 0.130 e. The lowest BCUT2D eigenvalue weighted by Gasteiger charge is -2.03. The molecule has 0 fully saturated rings. The van der Waals surface area contributed by atoms with Crippen LogP contribution in [-0.4, -0.2) is 40.1 Å². The molecule has 0 spiro atoms. The first-order chi connectivity index (χ1) is 11.3. The number of carboxylic acid groups (broad SMARTS) is 2. The van der Waals surface area contributed by atoms with E-state index in [9.17, 15) is 0 Å². The molecular weight excluding hydrogens is 308 g/mol. The minimum Gasteiger partial charge on any atom is -0.543 e. The lowest BCUT2D eigenvalue weighted by Crippen LogP contribution is -3.00. The fourth-order valence-electron chi connectivity index (χ4n) is 1.54. The number of rotatable bonds is 2. The number of carboxylic acids is 2. The highest BCUT2D eigenvalue weighted by atomic mass is 16.4. The van der Waals surface area contributed by atoms with Crippen LogP contribution in [0.4, 0.5) is 11.4 Å². The van der Waals surface area contributed by atoms with Crippen molar-refractivity contribution >= 4 is 23.3 Å². The van der Waals surface area contributed by atoms with Crippen LogP contribution in [-0.2, 0) is 9.59 Å². The molecule has 0 radical (unpaired) electrons. The molecule has 0 saturated heterocycles. The highest BCUT2D eigenvalue weighted by Gasteiger charge is 1.94. The zero-order valence-corrected chi connectivity index (χ0v) is 14.4. The Morgan fingerprint density at radius 1 is 0.625 bits per heavy atom. The van der Waals surface area contributed by atoms with E-state index in [-0.39, 0.29) is 0 Å². The first-order valence-electron chi connectivity index (χ1n) is 7.39. The average Bonchev–Trinajstić information content (AvgIpc) is 2.57. The molecule has 0 heterocycles. The Bertz CT molecular complexity index is 543. The van der Waals surface area contributed by atoms with Gasteiger partial charge in [-0.05, 0) is 24.3 Å². The number of hydrogen-bond donors (Lipinski definition) is 2. The van der Waals surface area contributed by atoms with Gasteiger partial charge >= 0.3 is 0 Å². The van der Waals surface area contributed by atoms with Crippen LogP contribution in [0.15, 0.2) is 60.7 Å². The van der Waals surface area contributed by atoms with Gasteiger partial charge in [0.1, 0.15) is 11.4 Å². The first kappa shape index (κ1) is 21.3. The van der Waals surface area contributed by atoms with E-state index in [2.05, 4.69) is 76.7 Å². The van der Waals surface area contributed by atoms with E-state index in [1.807, 2.05) is 12.1 Å². The van der Waals surface area contributed by atoms with Crippen molar-refractivity contribution in [1.82, 2.24) is 0 Å². The van der Waals surface area contributed by atoms with Gasteiger partial charge in [-0.25, -0.2) is 0 Å². The molecular formula is C18H24N2O4. The molecule has 0 amide bonds. The molecule has 24 heavy (non-hydrogen) atoms. The molecule has 0 atom stereocenters. The molecule has 0 aromatic heterocycles. The monoisotopic (exact) mass is 332 g/mol. The van der Waals surface area contributed by atoms with Gasteiger partial charge in [-0.15, -0.1) is 0 Å². The van der Waals surface area contributed by atoms with Gasteiger partial charge in [0.15, 0.2) is 0 Å². The summed E-state index contributed by atoms with van der Waals surface area (Å²) in [6.07, 6.45) is 0. The van der Waals surface area contributed by atoms with Gasteiger partial charge in [0.05, 0.1) is 40.1 Å². The van der Waals surface area contributed by atoms with Crippen LogP contribution >= 0.6 is 0 Å². The lowest BCUT2D eigenvalue weighted by molar-refractivity contribution is -0.786. The molecule has 0 aliphatic heterocycles. The van der Waals surface area contributed by atoms with Gasteiger partial charge in [0.2, 0.25) is 0 Å². The zero-order valence-electron chi connectivity index (χ0n) is 14.4. The highest BCUT2D eigenvalue weighted by Crippen LogP contribution is 1.96. The average molecular weight is 332 g/mol. The maximum atomic E-state index is 8.93. The van der Waals surface area contributed by atoms with Crippen LogP contribution in [0.3, 0.4) is 0 Å². The molecule has 0 bridgehead atoms. The molecule has 0 saturated carbocycles. The number of nitrogens with one attached hydrogen (secondary N) is 2. The third kappa shape index (κ3) is 10.1. The Morgan fingerprint density at radius 2 is 0.875 bits per heavy atom. The lowest BCUT2D eigenvalue weighted by atomic mass is 10.3. The molecule has 6 nitrogen and oxygen atoms in total. The van der Waals surface area contributed by atoms with E-state index in [4.69, 9.17) is 19.8 Å². The predicted molar refractivity (Wildman–Crippen MR) is 87.8 cm³/mol. The summed E-state index contributed by atoms with van der Waals surface area (Å²) in [5.74, 6) is -4.37. The first-order valence-corrected chi connectivity index (χ1v) is 7.39. The zero-order chi connectivity index (χ0) is 18.5. The Labute approximate surface area is 142 Å². The molecule has 2 aromatic rings. The van der Waals surface area contributed by atoms with Crippen molar-refractivity contribution in [2.24, 2.45) is 0 Å². The van der Waals surface area contributed by atoms with Gasteiger partial charge < -0.3 is 29.6 Å². The quantitative estimate of drug-likeness (QED) is 0.591. The SMILES string of the molecule is C[NH+](C)c1ccccc1.C[NH+](C)c1ccccc1.O=C([O-])C(=O)[O-].